The Balaban J connectivity index is 1.45. The fourth-order valence-corrected chi connectivity index (χ4v) is 4.09. The third-order valence-corrected chi connectivity index (χ3v) is 5.83. The van der Waals surface area contributed by atoms with Crippen LogP contribution in [0.4, 0.5) is 0 Å². The third kappa shape index (κ3) is 4.25. The second kappa shape index (κ2) is 8.15. The maximum atomic E-state index is 13.3. The van der Waals surface area contributed by atoms with E-state index in [1.54, 1.807) is 12.1 Å². The number of hydrogen-bond acceptors (Lipinski definition) is 3. The van der Waals surface area contributed by atoms with Gasteiger partial charge in [0.1, 0.15) is 0 Å². The van der Waals surface area contributed by atoms with Crippen LogP contribution in [0.5, 0.6) is 0 Å². The molecule has 2 aromatic carbocycles. The van der Waals surface area contributed by atoms with Crippen LogP contribution in [0.3, 0.4) is 0 Å². The van der Waals surface area contributed by atoms with E-state index in [0.717, 1.165) is 37.9 Å². The Bertz CT molecular complexity index is 831. The van der Waals surface area contributed by atoms with Gasteiger partial charge in [-0.05, 0) is 48.4 Å². The number of nitrogens with zero attached hydrogens (tertiary/aromatic N) is 1. The maximum absolute atomic E-state index is 13.3. The van der Waals surface area contributed by atoms with Crippen LogP contribution in [-0.2, 0) is 11.3 Å². The Morgan fingerprint density at radius 2 is 1.71 bits per heavy atom. The number of amides is 2. The Labute approximate surface area is 165 Å². The molecular weight excluding hydrogens is 350 g/mol. The van der Waals surface area contributed by atoms with Gasteiger partial charge in [-0.1, -0.05) is 42.5 Å². The zero-order valence-corrected chi connectivity index (χ0v) is 16.0. The lowest BCUT2D eigenvalue weighted by Gasteiger charge is -2.33. The normalized spacial score (nSPS) is 21.9. The van der Waals surface area contributed by atoms with E-state index in [1.807, 2.05) is 23.1 Å². The number of piperidine rings is 1. The molecule has 2 fully saturated rings. The molecule has 2 aliphatic rings. The molecule has 1 saturated heterocycles. The lowest BCUT2D eigenvalue weighted by Crippen LogP contribution is -2.45. The topological polar surface area (TPSA) is 75.4 Å². The lowest BCUT2D eigenvalue weighted by atomic mass is 9.85. The van der Waals surface area contributed by atoms with Crippen molar-refractivity contribution in [2.24, 2.45) is 11.7 Å². The van der Waals surface area contributed by atoms with E-state index in [0.29, 0.717) is 24.1 Å². The average Bonchev–Trinajstić information content (AvgIpc) is 3.58. The van der Waals surface area contributed by atoms with Crippen molar-refractivity contribution in [1.82, 2.24) is 10.2 Å². The van der Waals surface area contributed by atoms with E-state index in [1.165, 1.54) is 5.56 Å². The SMILES string of the molecule is NC(=O)c1ccc(CN(C(=O)[C@@H]2CNC[C@H](c3ccccc3)C2)C2CC2)cc1. The van der Waals surface area contributed by atoms with Gasteiger partial charge < -0.3 is 16.0 Å². The van der Waals surface area contributed by atoms with Crippen LogP contribution in [0.1, 0.15) is 46.7 Å². The molecule has 0 bridgehead atoms. The molecule has 2 atom stereocenters. The largest absolute Gasteiger partial charge is 0.366 e. The van der Waals surface area contributed by atoms with Crippen molar-refractivity contribution < 1.29 is 9.59 Å². The Hall–Kier alpha value is -2.66. The van der Waals surface area contributed by atoms with Crippen molar-refractivity contribution in [2.75, 3.05) is 13.1 Å². The molecule has 0 radical (unpaired) electrons. The number of nitrogens with two attached hydrogens (primary N) is 1. The maximum Gasteiger partial charge on any atom is 0.248 e. The van der Waals surface area contributed by atoms with Gasteiger partial charge in [-0.25, -0.2) is 0 Å². The molecule has 1 aliphatic heterocycles. The Morgan fingerprint density at radius 1 is 1.00 bits per heavy atom. The fraction of sp³-hybridized carbons (Fsp3) is 0.391. The highest BCUT2D eigenvalue weighted by Gasteiger charge is 2.37. The van der Waals surface area contributed by atoms with Crippen molar-refractivity contribution in [3.63, 3.8) is 0 Å². The number of primary amides is 1. The first kappa shape index (κ1) is 18.7. The van der Waals surface area contributed by atoms with Crippen LogP contribution in [0, 0.1) is 5.92 Å². The van der Waals surface area contributed by atoms with E-state index < -0.39 is 5.91 Å². The van der Waals surface area contributed by atoms with Gasteiger partial charge in [0.05, 0.1) is 5.92 Å². The fourth-order valence-electron chi connectivity index (χ4n) is 4.09. The second-order valence-corrected chi connectivity index (χ2v) is 7.96. The molecule has 2 aromatic rings. The standard InChI is InChI=1S/C23H27N3O2/c24-22(27)18-8-6-16(7-9-18)15-26(21-10-11-21)23(28)20-12-19(13-25-14-20)17-4-2-1-3-5-17/h1-9,19-21,25H,10-15H2,(H2,24,27)/t19-,20+/m1/s1. The summed E-state index contributed by atoms with van der Waals surface area (Å²) in [4.78, 5) is 26.7. The first-order chi connectivity index (χ1) is 13.6. The van der Waals surface area contributed by atoms with Crippen LogP contribution in [0.25, 0.3) is 0 Å². The molecule has 0 aromatic heterocycles. The average molecular weight is 377 g/mol. The molecule has 1 aliphatic carbocycles. The molecule has 0 unspecified atom stereocenters. The summed E-state index contributed by atoms with van der Waals surface area (Å²) in [5.41, 5.74) is 8.15. The number of carbonyl (C=O) groups is 2. The molecular formula is C23H27N3O2. The summed E-state index contributed by atoms with van der Waals surface area (Å²) in [6, 6.07) is 18.1. The Morgan fingerprint density at radius 3 is 2.36 bits per heavy atom. The van der Waals surface area contributed by atoms with Crippen molar-refractivity contribution >= 4 is 11.8 Å². The molecule has 3 N–H and O–H groups in total. The van der Waals surface area contributed by atoms with Crippen LogP contribution >= 0.6 is 0 Å². The minimum absolute atomic E-state index is 0.00412. The summed E-state index contributed by atoms with van der Waals surface area (Å²) >= 11 is 0. The lowest BCUT2D eigenvalue weighted by molar-refractivity contribution is -0.137. The van der Waals surface area contributed by atoms with Crippen molar-refractivity contribution in [2.45, 2.75) is 37.8 Å². The van der Waals surface area contributed by atoms with Crippen LogP contribution in [0.15, 0.2) is 54.6 Å². The number of carbonyl (C=O) groups excluding carboxylic acids is 2. The summed E-state index contributed by atoms with van der Waals surface area (Å²) in [7, 11) is 0. The van der Waals surface area contributed by atoms with E-state index in [4.69, 9.17) is 5.73 Å². The van der Waals surface area contributed by atoms with Gasteiger partial charge in [0.15, 0.2) is 0 Å². The summed E-state index contributed by atoms with van der Waals surface area (Å²) in [5, 5.41) is 3.46. The van der Waals surface area contributed by atoms with Crippen LogP contribution in [-0.4, -0.2) is 35.8 Å². The van der Waals surface area contributed by atoms with Gasteiger partial charge >= 0.3 is 0 Å². The smallest absolute Gasteiger partial charge is 0.248 e. The van der Waals surface area contributed by atoms with Gasteiger partial charge in [0.25, 0.3) is 0 Å². The summed E-state index contributed by atoms with van der Waals surface area (Å²) in [6.07, 6.45) is 3.04. The van der Waals surface area contributed by atoms with E-state index in [9.17, 15) is 9.59 Å². The van der Waals surface area contributed by atoms with Crippen molar-refractivity contribution in [3.05, 3.63) is 71.3 Å². The quantitative estimate of drug-likeness (QED) is 0.813. The first-order valence-corrected chi connectivity index (χ1v) is 10.1. The molecule has 4 rings (SSSR count). The van der Waals surface area contributed by atoms with E-state index >= 15 is 0 Å². The van der Waals surface area contributed by atoms with E-state index in [-0.39, 0.29) is 11.8 Å². The molecule has 1 saturated carbocycles. The van der Waals surface area contributed by atoms with Crippen molar-refractivity contribution in [1.29, 1.82) is 0 Å². The second-order valence-electron chi connectivity index (χ2n) is 7.96. The van der Waals surface area contributed by atoms with Crippen LogP contribution < -0.4 is 11.1 Å². The van der Waals surface area contributed by atoms with E-state index in [2.05, 4.69) is 29.6 Å². The predicted octanol–water partition coefficient (Wildman–Crippen LogP) is 2.67. The van der Waals surface area contributed by atoms with Gasteiger partial charge in [0, 0.05) is 31.2 Å². The predicted molar refractivity (Wildman–Crippen MR) is 109 cm³/mol. The Kier molecular flexibility index (Phi) is 5.44. The molecule has 2 amide bonds. The minimum Gasteiger partial charge on any atom is -0.366 e. The highest BCUT2D eigenvalue weighted by atomic mass is 16.2. The molecule has 1 heterocycles. The zero-order chi connectivity index (χ0) is 19.5. The number of benzene rings is 2. The van der Waals surface area contributed by atoms with Gasteiger partial charge in [-0.15, -0.1) is 0 Å². The first-order valence-electron chi connectivity index (χ1n) is 10.1. The summed E-state index contributed by atoms with van der Waals surface area (Å²) in [6.45, 7) is 2.26. The van der Waals surface area contributed by atoms with Gasteiger partial charge in [0.2, 0.25) is 11.8 Å². The highest BCUT2D eigenvalue weighted by molar-refractivity contribution is 5.92. The monoisotopic (exact) mass is 377 g/mol. The highest BCUT2D eigenvalue weighted by Crippen LogP contribution is 2.33. The molecule has 5 nitrogen and oxygen atoms in total. The number of rotatable bonds is 6. The zero-order valence-electron chi connectivity index (χ0n) is 16.0. The molecule has 146 valence electrons. The number of hydrogen-bond donors (Lipinski definition) is 2. The molecule has 28 heavy (non-hydrogen) atoms. The van der Waals surface area contributed by atoms with Gasteiger partial charge in [-0.3, -0.25) is 9.59 Å². The molecule has 0 spiro atoms. The van der Waals surface area contributed by atoms with Crippen molar-refractivity contribution in [3.8, 4) is 0 Å². The summed E-state index contributed by atoms with van der Waals surface area (Å²) in [5.74, 6) is 0.195. The number of nitrogens with one attached hydrogen (secondary N) is 1. The third-order valence-electron chi connectivity index (χ3n) is 5.83. The minimum atomic E-state index is -0.429. The van der Waals surface area contributed by atoms with Gasteiger partial charge in [-0.2, -0.15) is 0 Å². The molecule has 5 heteroatoms. The summed E-state index contributed by atoms with van der Waals surface area (Å²) < 4.78 is 0. The van der Waals surface area contributed by atoms with Crippen LogP contribution in [0.2, 0.25) is 0 Å².